The molecular weight excluding hydrogens is 421 g/mol. The Kier molecular flexibility index (Phi) is 11.7. The number of guanidine groups is 1. The molecule has 23 heavy (non-hydrogen) atoms. The molecule has 0 saturated heterocycles. The molecule has 0 radical (unpaired) electrons. The monoisotopic (exact) mass is 457 g/mol. The van der Waals surface area contributed by atoms with Crippen LogP contribution in [0.5, 0.6) is 0 Å². The lowest BCUT2D eigenvalue weighted by molar-refractivity contribution is 0.298. The van der Waals surface area contributed by atoms with Gasteiger partial charge >= 0.3 is 0 Å². The maximum atomic E-state index is 12.1. The van der Waals surface area contributed by atoms with Crippen LogP contribution in [-0.4, -0.2) is 39.8 Å². The lowest BCUT2D eigenvalue weighted by Crippen LogP contribution is -2.45. The topological polar surface area (TPSA) is 53.5 Å². The van der Waals surface area contributed by atoms with Gasteiger partial charge in [0.15, 0.2) is 5.96 Å². The third-order valence-corrected chi connectivity index (χ3v) is 6.19. The molecule has 138 valence electrons. The smallest absolute Gasteiger partial charge is 0.191 e. The molecule has 1 aliphatic rings. The molecule has 0 aromatic heterocycles. The molecule has 1 aliphatic carbocycles. The van der Waals surface area contributed by atoms with Crippen molar-refractivity contribution in [2.75, 3.05) is 18.8 Å². The van der Waals surface area contributed by atoms with E-state index < -0.39 is 10.8 Å². The van der Waals surface area contributed by atoms with Crippen LogP contribution in [0.3, 0.4) is 0 Å². The highest BCUT2D eigenvalue weighted by Gasteiger charge is 2.22. The van der Waals surface area contributed by atoms with Gasteiger partial charge in [0.05, 0.1) is 6.54 Å². The first-order valence-electron chi connectivity index (χ1n) is 8.80. The van der Waals surface area contributed by atoms with Crippen molar-refractivity contribution in [3.8, 4) is 0 Å². The molecule has 0 spiro atoms. The van der Waals surface area contributed by atoms with Crippen molar-refractivity contribution in [1.82, 2.24) is 10.6 Å². The van der Waals surface area contributed by atoms with Gasteiger partial charge in [-0.15, -0.1) is 24.0 Å². The van der Waals surface area contributed by atoms with E-state index in [1.807, 2.05) is 20.8 Å². The van der Waals surface area contributed by atoms with Crippen LogP contribution in [0.15, 0.2) is 4.99 Å². The third-order valence-electron chi connectivity index (χ3n) is 4.27. The Morgan fingerprint density at radius 2 is 1.96 bits per heavy atom. The Hall–Kier alpha value is 0.150. The van der Waals surface area contributed by atoms with Gasteiger partial charge in [0, 0.05) is 33.9 Å². The van der Waals surface area contributed by atoms with Crippen LogP contribution in [0.2, 0.25) is 0 Å². The van der Waals surface area contributed by atoms with Crippen molar-refractivity contribution in [3.05, 3.63) is 0 Å². The first-order chi connectivity index (χ1) is 10.4. The predicted molar refractivity (Wildman–Crippen MR) is 113 cm³/mol. The van der Waals surface area contributed by atoms with Crippen molar-refractivity contribution >= 4 is 40.7 Å². The summed E-state index contributed by atoms with van der Waals surface area (Å²) in [6, 6.07) is 0.532. The van der Waals surface area contributed by atoms with Crippen molar-refractivity contribution in [2.45, 2.75) is 77.5 Å². The maximum Gasteiger partial charge on any atom is 0.191 e. The minimum Gasteiger partial charge on any atom is -0.357 e. The molecule has 1 fully saturated rings. The van der Waals surface area contributed by atoms with E-state index in [9.17, 15) is 4.21 Å². The number of rotatable bonds is 6. The van der Waals surface area contributed by atoms with Crippen LogP contribution in [0.25, 0.3) is 0 Å². The second-order valence-corrected chi connectivity index (χ2v) is 9.53. The summed E-state index contributed by atoms with van der Waals surface area (Å²) in [5.41, 5.74) is 0. The van der Waals surface area contributed by atoms with Crippen molar-refractivity contribution in [2.24, 2.45) is 10.9 Å². The fourth-order valence-electron chi connectivity index (χ4n) is 2.85. The van der Waals surface area contributed by atoms with E-state index in [4.69, 9.17) is 0 Å². The summed E-state index contributed by atoms with van der Waals surface area (Å²) >= 11 is 0. The molecule has 2 N–H and O–H groups in total. The largest absolute Gasteiger partial charge is 0.357 e. The van der Waals surface area contributed by atoms with E-state index in [-0.39, 0.29) is 28.7 Å². The molecule has 0 heterocycles. The minimum absolute atomic E-state index is 0. The van der Waals surface area contributed by atoms with Gasteiger partial charge in [0.25, 0.3) is 0 Å². The summed E-state index contributed by atoms with van der Waals surface area (Å²) in [6.07, 6.45) is 6.43. The number of halogens is 1. The Bertz CT molecular complexity index is 383. The number of hydrogen-bond donors (Lipinski definition) is 2. The molecule has 1 rings (SSSR count). The van der Waals surface area contributed by atoms with Gasteiger partial charge in [-0.3, -0.25) is 9.20 Å². The molecule has 0 aromatic rings. The van der Waals surface area contributed by atoms with Crippen LogP contribution in [0.1, 0.15) is 66.7 Å². The van der Waals surface area contributed by atoms with E-state index in [1.165, 1.54) is 32.1 Å². The van der Waals surface area contributed by atoms with Crippen molar-refractivity contribution < 1.29 is 4.21 Å². The Morgan fingerprint density at radius 1 is 1.26 bits per heavy atom. The lowest BCUT2D eigenvalue weighted by Gasteiger charge is -2.30. The average molecular weight is 457 g/mol. The van der Waals surface area contributed by atoms with Gasteiger partial charge in [0.2, 0.25) is 0 Å². The zero-order chi connectivity index (χ0) is 16.6. The van der Waals surface area contributed by atoms with Crippen molar-refractivity contribution in [3.63, 3.8) is 0 Å². The molecule has 0 bridgehead atoms. The maximum absolute atomic E-state index is 12.1. The molecule has 1 saturated carbocycles. The highest BCUT2D eigenvalue weighted by molar-refractivity contribution is 14.0. The molecule has 0 aliphatic heterocycles. The minimum atomic E-state index is -0.834. The summed E-state index contributed by atoms with van der Waals surface area (Å²) in [4.78, 5) is 4.61. The Labute approximate surface area is 162 Å². The molecule has 3 atom stereocenters. The quantitative estimate of drug-likeness (QED) is 0.364. The number of nitrogens with zero attached hydrogens (tertiary/aromatic N) is 1. The van der Waals surface area contributed by atoms with Crippen LogP contribution in [0.4, 0.5) is 0 Å². The first kappa shape index (κ1) is 23.1. The average Bonchev–Trinajstić information content (AvgIpc) is 2.46. The van der Waals surface area contributed by atoms with E-state index >= 15 is 0 Å². The molecule has 4 nitrogen and oxygen atoms in total. The number of nitrogens with one attached hydrogen (secondary N) is 2. The second kappa shape index (κ2) is 11.7. The normalized spacial score (nSPS) is 23.8. The lowest BCUT2D eigenvalue weighted by atomic mass is 9.84. The second-order valence-electron chi connectivity index (χ2n) is 7.20. The zero-order valence-electron chi connectivity index (χ0n) is 15.5. The summed E-state index contributed by atoms with van der Waals surface area (Å²) in [6.45, 7) is 11.9. The predicted octanol–water partition coefficient (Wildman–Crippen LogP) is 3.68. The highest BCUT2D eigenvalue weighted by atomic mass is 127. The highest BCUT2D eigenvalue weighted by Crippen LogP contribution is 2.26. The summed E-state index contributed by atoms with van der Waals surface area (Å²) < 4.78 is 11.9. The van der Waals surface area contributed by atoms with Gasteiger partial charge in [-0.2, -0.15) is 0 Å². The van der Waals surface area contributed by atoms with Gasteiger partial charge in [-0.1, -0.05) is 26.2 Å². The molecule has 0 aromatic carbocycles. The van der Waals surface area contributed by atoms with Gasteiger partial charge in [0.1, 0.15) is 0 Å². The summed E-state index contributed by atoms with van der Waals surface area (Å²) in [7, 11) is -0.834. The van der Waals surface area contributed by atoms with E-state index in [1.54, 1.807) is 0 Å². The van der Waals surface area contributed by atoms with Gasteiger partial charge in [-0.05, 0) is 46.5 Å². The van der Waals surface area contributed by atoms with Crippen LogP contribution in [0, 0.1) is 5.92 Å². The van der Waals surface area contributed by atoms with Gasteiger partial charge < -0.3 is 10.6 Å². The molecule has 3 unspecified atom stereocenters. The zero-order valence-corrected chi connectivity index (χ0v) is 18.6. The van der Waals surface area contributed by atoms with Gasteiger partial charge in [-0.25, -0.2) is 0 Å². The molecule has 6 heteroatoms. The third kappa shape index (κ3) is 9.27. The number of aliphatic imine (C=N–C) groups is 1. The van der Waals surface area contributed by atoms with Crippen molar-refractivity contribution in [1.29, 1.82) is 0 Å². The standard InChI is InChI=1S/C17H35N3OS.HI/c1-6-14-9-8-10-15(13-14)20-16(18-7-2)19-11-12-22(21)17(3,4)5;/h14-15H,6-13H2,1-5H3,(H2,18,19,20);1H. The Balaban J connectivity index is 0.00000484. The Morgan fingerprint density at radius 3 is 2.52 bits per heavy atom. The van der Waals surface area contributed by atoms with Crippen LogP contribution < -0.4 is 10.6 Å². The SMILES string of the molecule is CCNC(=NCCS(=O)C(C)(C)C)NC1CCCC(CC)C1.I. The van der Waals surface area contributed by atoms with E-state index in [0.29, 0.717) is 18.3 Å². The van der Waals surface area contributed by atoms with E-state index in [2.05, 4.69) is 29.5 Å². The van der Waals surface area contributed by atoms with Crippen LogP contribution >= 0.6 is 24.0 Å². The number of hydrogen-bond acceptors (Lipinski definition) is 2. The fourth-order valence-corrected chi connectivity index (χ4v) is 3.72. The molecular formula is C17H36IN3OS. The summed E-state index contributed by atoms with van der Waals surface area (Å²) in [5.74, 6) is 2.36. The summed E-state index contributed by atoms with van der Waals surface area (Å²) in [5, 5.41) is 6.89. The van der Waals surface area contributed by atoms with E-state index in [0.717, 1.165) is 18.4 Å². The molecule has 0 amide bonds. The fraction of sp³-hybridized carbons (Fsp3) is 0.941. The first-order valence-corrected chi connectivity index (χ1v) is 10.1. The van der Waals surface area contributed by atoms with Crippen LogP contribution in [-0.2, 0) is 10.8 Å².